The molecule has 0 fully saturated rings. The lowest BCUT2D eigenvalue weighted by atomic mass is 10.1. The molecule has 0 unspecified atom stereocenters. The van der Waals surface area contributed by atoms with Gasteiger partial charge in [-0.1, -0.05) is 0 Å². The maximum Gasteiger partial charge on any atom is 0.337 e. The Labute approximate surface area is 141 Å². The van der Waals surface area contributed by atoms with Gasteiger partial charge < -0.3 is 9.47 Å². The molecule has 24 heavy (non-hydrogen) atoms. The quantitative estimate of drug-likeness (QED) is 0.681. The molecule has 3 aromatic rings. The predicted molar refractivity (Wildman–Crippen MR) is 87.5 cm³/mol. The first-order chi connectivity index (χ1) is 11.7. The van der Waals surface area contributed by atoms with Crippen LogP contribution in [-0.2, 0) is 16.1 Å². The van der Waals surface area contributed by atoms with E-state index in [4.69, 9.17) is 9.47 Å². The fourth-order valence-electron chi connectivity index (χ4n) is 2.63. The number of carbonyl (C=O) groups excluding carboxylic acids is 2. The lowest BCUT2D eigenvalue weighted by molar-refractivity contribution is -0.121. The van der Waals surface area contributed by atoms with Gasteiger partial charge in [-0.2, -0.15) is 0 Å². The molecule has 0 N–H and O–H groups in total. The average molecular weight is 343 g/mol. The van der Waals surface area contributed by atoms with E-state index in [1.54, 1.807) is 23.1 Å². The highest BCUT2D eigenvalue weighted by molar-refractivity contribution is 7.15. The molecule has 0 saturated carbocycles. The summed E-state index contributed by atoms with van der Waals surface area (Å²) in [6, 6.07) is 4.90. The van der Waals surface area contributed by atoms with Gasteiger partial charge in [-0.25, -0.2) is 9.78 Å². The summed E-state index contributed by atoms with van der Waals surface area (Å²) in [5.74, 6) is -0.0811. The number of thiazole rings is 1. The van der Waals surface area contributed by atoms with Crippen LogP contribution in [0.25, 0.3) is 4.96 Å². The summed E-state index contributed by atoms with van der Waals surface area (Å²) in [6.07, 6.45) is 3.80. The first-order valence-corrected chi connectivity index (χ1v) is 8.10. The highest BCUT2D eigenvalue weighted by atomic mass is 32.1. The topological polar surface area (TPSA) is 73.1 Å². The molecule has 122 valence electrons. The van der Waals surface area contributed by atoms with E-state index in [1.807, 2.05) is 22.2 Å². The number of benzene rings is 1. The number of amides is 1. The fourth-order valence-corrected chi connectivity index (χ4v) is 3.35. The van der Waals surface area contributed by atoms with Crippen LogP contribution >= 0.6 is 11.3 Å². The van der Waals surface area contributed by atoms with Gasteiger partial charge in [0.15, 0.2) is 11.6 Å². The Balaban J connectivity index is 1.71. The number of esters is 1. The molecule has 4 rings (SSSR count). The number of carbonyl (C=O) groups is 2. The first kappa shape index (κ1) is 14.7. The summed E-state index contributed by atoms with van der Waals surface area (Å²) in [6.45, 7) is 0.279. The highest BCUT2D eigenvalue weighted by Crippen LogP contribution is 2.34. The van der Waals surface area contributed by atoms with Gasteiger partial charge in [0, 0.05) is 17.8 Å². The van der Waals surface area contributed by atoms with Crippen molar-refractivity contribution in [2.75, 3.05) is 18.6 Å². The molecule has 1 aliphatic rings. The van der Waals surface area contributed by atoms with Crippen LogP contribution in [0.15, 0.2) is 36.0 Å². The number of ether oxygens (including phenoxy) is 2. The van der Waals surface area contributed by atoms with Gasteiger partial charge in [0.05, 0.1) is 30.6 Å². The van der Waals surface area contributed by atoms with E-state index in [2.05, 4.69) is 4.98 Å². The third-order valence-corrected chi connectivity index (χ3v) is 4.56. The van der Waals surface area contributed by atoms with Gasteiger partial charge in [0.25, 0.3) is 5.91 Å². The molecule has 2 aromatic heterocycles. The van der Waals surface area contributed by atoms with Gasteiger partial charge in [0.2, 0.25) is 0 Å². The summed E-state index contributed by atoms with van der Waals surface area (Å²) in [5, 5.41) is 1.95. The van der Waals surface area contributed by atoms with Crippen LogP contribution < -0.4 is 9.64 Å². The number of methoxy groups -OCH3 is 1. The first-order valence-electron chi connectivity index (χ1n) is 7.22. The number of fused-ring (bicyclic) bond motifs is 2. The molecule has 8 heteroatoms. The van der Waals surface area contributed by atoms with E-state index in [0.717, 1.165) is 10.7 Å². The van der Waals surface area contributed by atoms with E-state index < -0.39 is 5.97 Å². The molecular formula is C16H13N3O4S. The molecular weight excluding hydrogens is 330 g/mol. The van der Waals surface area contributed by atoms with Crippen LogP contribution in [0.4, 0.5) is 5.69 Å². The molecule has 0 aliphatic carbocycles. The zero-order chi connectivity index (χ0) is 16.7. The normalized spacial score (nSPS) is 13.7. The number of nitrogens with zero attached hydrogens (tertiary/aromatic N) is 3. The summed E-state index contributed by atoms with van der Waals surface area (Å²) in [5.41, 5.74) is 1.68. The molecule has 3 heterocycles. The second-order valence-electron chi connectivity index (χ2n) is 5.27. The minimum Gasteiger partial charge on any atom is -0.482 e. The highest BCUT2D eigenvalue weighted by Gasteiger charge is 2.27. The third kappa shape index (κ3) is 2.41. The van der Waals surface area contributed by atoms with E-state index in [-0.39, 0.29) is 12.5 Å². The fraction of sp³-hybridized carbons (Fsp3) is 0.188. The van der Waals surface area contributed by atoms with Crippen molar-refractivity contribution in [1.82, 2.24) is 9.38 Å². The molecule has 7 nitrogen and oxygen atoms in total. The largest absolute Gasteiger partial charge is 0.482 e. The zero-order valence-corrected chi connectivity index (χ0v) is 13.6. The van der Waals surface area contributed by atoms with Crippen molar-refractivity contribution in [3.8, 4) is 5.75 Å². The smallest absolute Gasteiger partial charge is 0.337 e. The van der Waals surface area contributed by atoms with Crippen LogP contribution in [0, 0.1) is 0 Å². The average Bonchev–Trinajstić information content (AvgIpc) is 3.17. The van der Waals surface area contributed by atoms with Crippen LogP contribution in [0.2, 0.25) is 0 Å². The van der Waals surface area contributed by atoms with Gasteiger partial charge in [-0.3, -0.25) is 14.1 Å². The second kappa shape index (κ2) is 5.64. The van der Waals surface area contributed by atoms with Gasteiger partial charge in [0.1, 0.15) is 5.75 Å². The van der Waals surface area contributed by atoms with Crippen LogP contribution in [0.3, 0.4) is 0 Å². The summed E-state index contributed by atoms with van der Waals surface area (Å²) >= 11 is 1.53. The molecule has 0 radical (unpaired) electrons. The van der Waals surface area contributed by atoms with Crippen LogP contribution in [-0.4, -0.2) is 35.0 Å². The van der Waals surface area contributed by atoms with Crippen molar-refractivity contribution in [2.45, 2.75) is 6.54 Å². The monoisotopic (exact) mass is 343 g/mol. The van der Waals surface area contributed by atoms with Crippen molar-refractivity contribution in [1.29, 1.82) is 0 Å². The van der Waals surface area contributed by atoms with Gasteiger partial charge in [-0.15, -0.1) is 11.3 Å². The molecule has 1 amide bonds. The number of anilines is 1. The van der Waals surface area contributed by atoms with Gasteiger partial charge in [-0.05, 0) is 18.2 Å². The minimum atomic E-state index is -0.460. The summed E-state index contributed by atoms with van der Waals surface area (Å²) in [4.78, 5) is 31.0. The summed E-state index contributed by atoms with van der Waals surface area (Å²) < 4.78 is 12.1. The van der Waals surface area contributed by atoms with Crippen molar-refractivity contribution in [3.63, 3.8) is 0 Å². The Morgan fingerprint density at radius 3 is 3.12 bits per heavy atom. The Kier molecular flexibility index (Phi) is 3.46. The van der Waals surface area contributed by atoms with Crippen LogP contribution in [0.5, 0.6) is 5.75 Å². The van der Waals surface area contributed by atoms with E-state index >= 15 is 0 Å². The standard InChI is InChI=1S/C16H13N3O4S/c1-22-15(21)10-2-3-13-12(6-10)19(14(20)9-23-13)8-11-7-18-4-5-24-16(18)17-11/h2-7H,8-9H2,1H3. The maximum atomic E-state index is 12.3. The number of imidazole rings is 1. The number of rotatable bonds is 3. The predicted octanol–water partition coefficient (Wildman–Crippen LogP) is 2.11. The lowest BCUT2D eigenvalue weighted by Gasteiger charge is -2.29. The van der Waals surface area contributed by atoms with Crippen molar-refractivity contribution >= 4 is 33.9 Å². The van der Waals surface area contributed by atoms with Gasteiger partial charge >= 0.3 is 5.97 Å². The Morgan fingerprint density at radius 2 is 2.33 bits per heavy atom. The number of hydrogen-bond donors (Lipinski definition) is 0. The molecule has 1 aromatic carbocycles. The van der Waals surface area contributed by atoms with E-state index in [0.29, 0.717) is 23.5 Å². The Hall–Kier alpha value is -2.87. The van der Waals surface area contributed by atoms with Crippen molar-refractivity contribution < 1.29 is 19.1 Å². The van der Waals surface area contributed by atoms with E-state index in [1.165, 1.54) is 18.4 Å². The molecule has 0 spiro atoms. The molecule has 0 bridgehead atoms. The lowest BCUT2D eigenvalue weighted by Crippen LogP contribution is -2.38. The maximum absolute atomic E-state index is 12.3. The zero-order valence-electron chi connectivity index (χ0n) is 12.8. The Morgan fingerprint density at radius 1 is 1.46 bits per heavy atom. The Bertz CT molecular complexity index is 917. The minimum absolute atomic E-state index is 0.0349. The van der Waals surface area contributed by atoms with Crippen molar-refractivity contribution in [2.24, 2.45) is 0 Å². The SMILES string of the molecule is COC(=O)c1ccc2c(c1)N(Cc1cn3ccsc3n1)C(=O)CO2. The molecule has 0 saturated heterocycles. The number of hydrogen-bond acceptors (Lipinski definition) is 6. The second-order valence-corrected chi connectivity index (χ2v) is 6.14. The van der Waals surface area contributed by atoms with E-state index in [9.17, 15) is 9.59 Å². The van der Waals surface area contributed by atoms with Crippen molar-refractivity contribution in [3.05, 3.63) is 47.2 Å². The third-order valence-electron chi connectivity index (χ3n) is 3.79. The summed E-state index contributed by atoms with van der Waals surface area (Å²) in [7, 11) is 1.32. The molecule has 1 aliphatic heterocycles. The number of aromatic nitrogens is 2. The van der Waals surface area contributed by atoms with Crippen LogP contribution in [0.1, 0.15) is 16.1 Å². The molecule has 0 atom stereocenters.